The average molecular weight is 307 g/mol. The summed E-state index contributed by atoms with van der Waals surface area (Å²) in [5.74, 6) is 0. The highest BCUT2D eigenvalue weighted by Gasteiger charge is 2.08. The van der Waals surface area contributed by atoms with Crippen LogP contribution in [0.15, 0.2) is 38.0 Å². The Hall–Kier alpha value is -1.93. The van der Waals surface area contributed by atoms with E-state index in [1.54, 1.807) is 13.2 Å². The van der Waals surface area contributed by atoms with E-state index in [9.17, 15) is 9.59 Å². The molecule has 1 unspecified atom stereocenters. The maximum atomic E-state index is 11.3. The Morgan fingerprint density at radius 1 is 1.43 bits per heavy atom. The first-order valence-electron chi connectivity index (χ1n) is 6.55. The molecule has 0 saturated heterocycles. The molecule has 7 nitrogen and oxygen atoms in total. The third-order valence-electron chi connectivity index (χ3n) is 2.87. The molecule has 2 aromatic heterocycles. The van der Waals surface area contributed by atoms with Crippen molar-refractivity contribution in [2.75, 3.05) is 6.54 Å². The van der Waals surface area contributed by atoms with E-state index in [1.807, 2.05) is 26.0 Å². The highest BCUT2D eigenvalue weighted by Crippen LogP contribution is 2.24. The van der Waals surface area contributed by atoms with Gasteiger partial charge in [-0.25, -0.2) is 0 Å². The van der Waals surface area contributed by atoms with Crippen LogP contribution in [0.1, 0.15) is 25.6 Å². The number of nitrogens with one attached hydrogen (secondary N) is 2. The molecular weight excluding hydrogens is 290 g/mol. The summed E-state index contributed by atoms with van der Waals surface area (Å²) in [7, 11) is 1.63. The second-order valence-corrected chi connectivity index (χ2v) is 5.54. The van der Waals surface area contributed by atoms with Crippen LogP contribution in [0.4, 0.5) is 0 Å². The standard InChI is InChI=1S/C13H17N5O2S/c1-4-14-8(2)10-6-5-9(7-15-10)21-13-16-11(19)12(20)17-18(13)3/h5-8,14H,4H2,1-3H3,(H,17,20). The molecule has 2 aromatic rings. The summed E-state index contributed by atoms with van der Waals surface area (Å²) < 4.78 is 1.42. The normalized spacial score (nSPS) is 12.3. The maximum Gasteiger partial charge on any atom is 0.339 e. The summed E-state index contributed by atoms with van der Waals surface area (Å²) in [6, 6.07) is 4.03. The van der Waals surface area contributed by atoms with Crippen molar-refractivity contribution < 1.29 is 0 Å². The first-order valence-corrected chi connectivity index (χ1v) is 7.37. The smallest absolute Gasteiger partial charge is 0.309 e. The third kappa shape index (κ3) is 3.79. The summed E-state index contributed by atoms with van der Waals surface area (Å²) in [6.45, 7) is 4.97. The van der Waals surface area contributed by atoms with E-state index in [2.05, 4.69) is 20.4 Å². The number of hydrogen-bond donors (Lipinski definition) is 2. The lowest BCUT2D eigenvalue weighted by atomic mass is 10.2. The first kappa shape index (κ1) is 15.5. The van der Waals surface area contributed by atoms with Gasteiger partial charge in [0.15, 0.2) is 5.16 Å². The molecule has 0 radical (unpaired) electrons. The molecule has 8 heteroatoms. The Labute approximate surface area is 125 Å². The van der Waals surface area contributed by atoms with Gasteiger partial charge in [-0.05, 0) is 37.4 Å². The fourth-order valence-corrected chi connectivity index (χ4v) is 2.54. The summed E-state index contributed by atoms with van der Waals surface area (Å²) in [4.78, 5) is 31.4. The number of rotatable bonds is 5. The third-order valence-corrected chi connectivity index (χ3v) is 3.89. The van der Waals surface area contributed by atoms with Gasteiger partial charge >= 0.3 is 11.1 Å². The summed E-state index contributed by atoms with van der Waals surface area (Å²) in [6.07, 6.45) is 1.73. The molecule has 0 saturated carbocycles. The van der Waals surface area contributed by atoms with Crippen molar-refractivity contribution in [1.29, 1.82) is 0 Å². The van der Waals surface area contributed by atoms with Crippen LogP contribution >= 0.6 is 11.8 Å². The number of aromatic nitrogens is 4. The number of hydrogen-bond acceptors (Lipinski definition) is 6. The molecule has 0 aliphatic rings. The van der Waals surface area contributed by atoms with Crippen LogP contribution in [0.3, 0.4) is 0 Å². The topological polar surface area (TPSA) is 92.7 Å². The number of aryl methyl sites for hydroxylation is 1. The van der Waals surface area contributed by atoms with Crippen LogP contribution < -0.4 is 16.4 Å². The maximum absolute atomic E-state index is 11.3. The predicted molar refractivity (Wildman–Crippen MR) is 80.6 cm³/mol. The van der Waals surface area contributed by atoms with Gasteiger partial charge in [0, 0.05) is 24.2 Å². The molecule has 0 aliphatic heterocycles. The molecule has 0 fully saturated rings. The highest BCUT2D eigenvalue weighted by atomic mass is 32.2. The van der Waals surface area contributed by atoms with Crippen molar-refractivity contribution in [3.8, 4) is 0 Å². The fourth-order valence-electron chi connectivity index (χ4n) is 1.78. The van der Waals surface area contributed by atoms with Crippen molar-refractivity contribution in [3.63, 3.8) is 0 Å². The zero-order chi connectivity index (χ0) is 15.4. The van der Waals surface area contributed by atoms with Crippen molar-refractivity contribution >= 4 is 11.8 Å². The van der Waals surface area contributed by atoms with Crippen LogP contribution in [0.5, 0.6) is 0 Å². The van der Waals surface area contributed by atoms with E-state index in [0.717, 1.165) is 17.1 Å². The van der Waals surface area contributed by atoms with Crippen molar-refractivity contribution in [2.45, 2.75) is 29.9 Å². The van der Waals surface area contributed by atoms with Gasteiger partial charge in [0.05, 0.1) is 5.69 Å². The number of H-pyrrole nitrogens is 1. The molecule has 0 spiro atoms. The molecule has 0 aromatic carbocycles. The molecule has 2 rings (SSSR count). The summed E-state index contributed by atoms with van der Waals surface area (Å²) in [5, 5.41) is 6.11. The predicted octanol–water partition coefficient (Wildman–Crippen LogP) is 0.685. The number of pyridine rings is 1. The average Bonchev–Trinajstić information content (AvgIpc) is 2.46. The molecular formula is C13H17N5O2S. The van der Waals surface area contributed by atoms with Gasteiger partial charge in [-0.3, -0.25) is 24.4 Å². The van der Waals surface area contributed by atoms with Crippen LogP contribution in [0.25, 0.3) is 0 Å². The van der Waals surface area contributed by atoms with Gasteiger partial charge in [-0.2, -0.15) is 4.98 Å². The largest absolute Gasteiger partial charge is 0.339 e. The van der Waals surface area contributed by atoms with E-state index < -0.39 is 11.1 Å². The van der Waals surface area contributed by atoms with Crippen molar-refractivity contribution in [1.82, 2.24) is 25.1 Å². The Morgan fingerprint density at radius 3 is 2.81 bits per heavy atom. The Kier molecular flexibility index (Phi) is 4.92. The Bertz CT molecular complexity index is 723. The van der Waals surface area contributed by atoms with Gasteiger partial charge < -0.3 is 5.32 Å². The van der Waals surface area contributed by atoms with Crippen molar-refractivity contribution in [3.05, 3.63) is 44.7 Å². The van der Waals surface area contributed by atoms with E-state index in [4.69, 9.17) is 0 Å². The van der Waals surface area contributed by atoms with E-state index in [1.165, 1.54) is 16.4 Å². The monoisotopic (exact) mass is 307 g/mol. The minimum atomic E-state index is -0.791. The minimum Gasteiger partial charge on any atom is -0.309 e. The lowest BCUT2D eigenvalue weighted by Crippen LogP contribution is -2.33. The van der Waals surface area contributed by atoms with Crippen LogP contribution in [0, 0.1) is 0 Å². The first-order chi connectivity index (χ1) is 10.0. The molecule has 2 heterocycles. The Morgan fingerprint density at radius 2 is 2.19 bits per heavy atom. The summed E-state index contributed by atoms with van der Waals surface area (Å²) in [5.41, 5.74) is -0.569. The second-order valence-electron chi connectivity index (χ2n) is 4.50. The van der Waals surface area contributed by atoms with E-state index >= 15 is 0 Å². The van der Waals surface area contributed by atoms with Gasteiger partial charge in [-0.1, -0.05) is 6.92 Å². The molecule has 21 heavy (non-hydrogen) atoms. The van der Waals surface area contributed by atoms with Crippen LogP contribution in [0.2, 0.25) is 0 Å². The lowest BCUT2D eigenvalue weighted by molar-refractivity contribution is 0.582. The Balaban J connectivity index is 2.19. The fraction of sp³-hybridized carbons (Fsp3) is 0.385. The number of aromatic amines is 1. The zero-order valence-corrected chi connectivity index (χ0v) is 12.9. The molecule has 1 atom stereocenters. The quantitative estimate of drug-likeness (QED) is 0.789. The van der Waals surface area contributed by atoms with E-state index in [0.29, 0.717) is 5.16 Å². The lowest BCUT2D eigenvalue weighted by Gasteiger charge is -2.12. The summed E-state index contributed by atoms with van der Waals surface area (Å²) >= 11 is 1.27. The van der Waals surface area contributed by atoms with E-state index in [-0.39, 0.29) is 6.04 Å². The van der Waals surface area contributed by atoms with Crippen LogP contribution in [-0.4, -0.2) is 26.3 Å². The molecule has 0 bridgehead atoms. The zero-order valence-electron chi connectivity index (χ0n) is 12.1. The van der Waals surface area contributed by atoms with Crippen LogP contribution in [-0.2, 0) is 7.05 Å². The number of nitrogens with zero attached hydrogens (tertiary/aromatic N) is 3. The molecule has 2 N–H and O–H groups in total. The van der Waals surface area contributed by atoms with Gasteiger partial charge in [0.1, 0.15) is 0 Å². The van der Waals surface area contributed by atoms with Gasteiger partial charge in [0.25, 0.3) is 0 Å². The molecule has 0 aliphatic carbocycles. The van der Waals surface area contributed by atoms with Gasteiger partial charge in [0.2, 0.25) is 0 Å². The molecule has 112 valence electrons. The van der Waals surface area contributed by atoms with Crippen molar-refractivity contribution in [2.24, 2.45) is 7.05 Å². The molecule has 0 amide bonds. The minimum absolute atomic E-state index is 0.185. The highest BCUT2D eigenvalue weighted by molar-refractivity contribution is 7.99. The SMILES string of the molecule is CCNC(C)c1ccc(Sc2nc(=O)c(=O)[nH]n2C)cn1. The van der Waals surface area contributed by atoms with Gasteiger partial charge in [-0.15, -0.1) is 0 Å². The second kappa shape index (κ2) is 6.68.